The van der Waals surface area contributed by atoms with E-state index in [1.807, 2.05) is 72.8 Å². The summed E-state index contributed by atoms with van der Waals surface area (Å²) in [6.45, 7) is -0.273. The lowest BCUT2D eigenvalue weighted by Gasteiger charge is -2.30. The van der Waals surface area contributed by atoms with Gasteiger partial charge in [0.2, 0.25) is 10.0 Å². The first-order valence-electron chi connectivity index (χ1n) is 14.1. The molecule has 44 heavy (non-hydrogen) atoms. The van der Waals surface area contributed by atoms with E-state index in [0.29, 0.717) is 11.3 Å². The van der Waals surface area contributed by atoms with Crippen LogP contribution in [0.5, 0.6) is 11.5 Å². The summed E-state index contributed by atoms with van der Waals surface area (Å²) < 4.78 is 40.1. The Kier molecular flexibility index (Phi) is 9.64. The number of rotatable bonds is 13. The number of aromatic nitrogens is 1. The zero-order valence-corrected chi connectivity index (χ0v) is 25.3. The van der Waals surface area contributed by atoms with Crippen LogP contribution in [0.25, 0.3) is 10.9 Å². The van der Waals surface area contributed by atoms with E-state index in [0.717, 1.165) is 22.0 Å². The van der Waals surface area contributed by atoms with Gasteiger partial charge in [-0.1, -0.05) is 60.7 Å². The van der Waals surface area contributed by atoms with Crippen molar-refractivity contribution in [3.8, 4) is 11.5 Å². The minimum absolute atomic E-state index is 0.00470. The second-order valence-electron chi connectivity index (χ2n) is 10.4. The summed E-state index contributed by atoms with van der Waals surface area (Å²) in [4.78, 5) is 16.6. The highest BCUT2D eigenvalue weighted by atomic mass is 32.2. The largest absolute Gasteiger partial charge is 0.493 e. The average Bonchev–Trinajstić information content (AvgIpc) is 3.53. The van der Waals surface area contributed by atoms with Crippen LogP contribution in [-0.4, -0.2) is 61.6 Å². The van der Waals surface area contributed by atoms with E-state index in [1.165, 1.54) is 36.7 Å². The fourth-order valence-corrected chi connectivity index (χ4v) is 6.56. The van der Waals surface area contributed by atoms with Crippen molar-refractivity contribution in [2.75, 3.05) is 20.8 Å². The first-order valence-corrected chi connectivity index (χ1v) is 15.6. The van der Waals surface area contributed by atoms with E-state index in [1.54, 1.807) is 18.3 Å². The summed E-state index contributed by atoms with van der Waals surface area (Å²) >= 11 is 0. The lowest BCUT2D eigenvalue weighted by molar-refractivity contribution is 0.0779. The molecular weight excluding hydrogens is 578 g/mol. The lowest BCUT2D eigenvalue weighted by atomic mass is 10.00. The molecule has 0 radical (unpaired) electrons. The van der Waals surface area contributed by atoms with E-state index < -0.39 is 22.2 Å². The number of hydrogen-bond donors (Lipinski definition) is 3. The van der Waals surface area contributed by atoms with Crippen LogP contribution in [0.15, 0.2) is 114 Å². The van der Waals surface area contributed by atoms with Gasteiger partial charge < -0.3 is 24.9 Å². The molecule has 228 valence electrons. The van der Waals surface area contributed by atoms with E-state index >= 15 is 0 Å². The molecule has 5 aromatic rings. The lowest BCUT2D eigenvalue weighted by Crippen LogP contribution is -2.50. The number of H-pyrrole nitrogens is 1. The zero-order chi connectivity index (χ0) is 31.1. The van der Waals surface area contributed by atoms with Crippen LogP contribution in [0.4, 0.5) is 0 Å². The third kappa shape index (κ3) is 7.11. The van der Waals surface area contributed by atoms with Crippen LogP contribution in [0.1, 0.15) is 21.5 Å². The van der Waals surface area contributed by atoms with Crippen LogP contribution in [0, 0.1) is 0 Å². The van der Waals surface area contributed by atoms with Gasteiger partial charge in [0.1, 0.15) is 0 Å². The molecule has 0 unspecified atom stereocenters. The van der Waals surface area contributed by atoms with Gasteiger partial charge in [0.25, 0.3) is 5.91 Å². The van der Waals surface area contributed by atoms with Crippen molar-refractivity contribution in [2.45, 2.75) is 30.0 Å². The highest BCUT2D eigenvalue weighted by molar-refractivity contribution is 7.89. The monoisotopic (exact) mass is 613 g/mol. The molecule has 0 aliphatic carbocycles. The molecule has 5 rings (SSSR count). The van der Waals surface area contributed by atoms with Crippen LogP contribution in [0.3, 0.4) is 0 Å². The standard InChI is InChI=1S/C34H35N3O6S/c1-42-32-16-14-28(21-33(32)43-2)44(40,41)37(22-25-11-7-4-8-12-25)23-31(38)30(19-24-9-5-3-6-10-24)36-34(39)27-13-15-29-26(20-27)17-18-35-29/h3-18,20-21,30-31,35,38H,19,22-23H2,1-2H3,(H,36,39)/t30-,31+/m0/s1. The van der Waals surface area contributed by atoms with Gasteiger partial charge in [0.05, 0.1) is 31.3 Å². The Labute approximate surface area is 257 Å². The van der Waals surface area contributed by atoms with E-state index in [-0.39, 0.29) is 36.1 Å². The van der Waals surface area contributed by atoms with Crippen molar-refractivity contribution in [1.29, 1.82) is 0 Å². The van der Waals surface area contributed by atoms with Gasteiger partial charge in [-0.15, -0.1) is 0 Å². The van der Waals surface area contributed by atoms with Crippen LogP contribution in [-0.2, 0) is 23.0 Å². The molecule has 1 amide bonds. The highest BCUT2D eigenvalue weighted by Crippen LogP contribution is 2.31. The summed E-state index contributed by atoms with van der Waals surface area (Å²) in [5.41, 5.74) is 2.96. The average molecular weight is 614 g/mol. The topological polar surface area (TPSA) is 121 Å². The Morgan fingerprint density at radius 1 is 0.864 bits per heavy atom. The predicted octanol–water partition coefficient (Wildman–Crippen LogP) is 4.78. The Balaban J connectivity index is 1.46. The number of aliphatic hydroxyl groups is 1. The molecule has 3 N–H and O–H groups in total. The summed E-state index contributed by atoms with van der Waals surface area (Å²) in [7, 11) is -1.23. The third-order valence-electron chi connectivity index (χ3n) is 7.48. The fraction of sp³-hybridized carbons (Fsp3) is 0.206. The molecule has 0 saturated heterocycles. The summed E-state index contributed by atoms with van der Waals surface area (Å²) in [6, 6.07) is 29.4. The van der Waals surface area contributed by atoms with Gasteiger partial charge >= 0.3 is 0 Å². The molecule has 0 aliphatic heterocycles. The number of fused-ring (bicyclic) bond motifs is 1. The first-order chi connectivity index (χ1) is 21.3. The van der Waals surface area contributed by atoms with Gasteiger partial charge in [-0.05, 0) is 53.9 Å². The van der Waals surface area contributed by atoms with Crippen molar-refractivity contribution >= 4 is 26.8 Å². The van der Waals surface area contributed by atoms with Gasteiger partial charge in [-0.2, -0.15) is 4.31 Å². The normalized spacial score (nSPS) is 13.0. The summed E-state index contributed by atoms with van der Waals surface area (Å²) in [5, 5.41) is 15.5. The number of hydrogen-bond acceptors (Lipinski definition) is 6. The van der Waals surface area contributed by atoms with Gasteiger partial charge in [0, 0.05) is 41.8 Å². The zero-order valence-electron chi connectivity index (χ0n) is 24.5. The quantitative estimate of drug-likeness (QED) is 0.176. The maximum absolute atomic E-state index is 14.1. The number of ether oxygens (including phenoxy) is 2. The molecule has 9 nitrogen and oxygen atoms in total. The maximum atomic E-state index is 14.1. The summed E-state index contributed by atoms with van der Waals surface area (Å²) in [6.07, 6.45) is 0.832. The minimum atomic E-state index is -4.14. The number of nitrogens with zero attached hydrogens (tertiary/aromatic N) is 1. The Morgan fingerprint density at radius 2 is 1.55 bits per heavy atom. The van der Waals surface area contributed by atoms with Crippen molar-refractivity contribution < 1.29 is 27.8 Å². The maximum Gasteiger partial charge on any atom is 0.251 e. The van der Waals surface area contributed by atoms with E-state index in [9.17, 15) is 18.3 Å². The fourth-order valence-electron chi connectivity index (χ4n) is 5.09. The molecule has 4 aromatic carbocycles. The number of amides is 1. The number of benzene rings is 4. The second kappa shape index (κ2) is 13.8. The third-order valence-corrected chi connectivity index (χ3v) is 9.29. The smallest absolute Gasteiger partial charge is 0.251 e. The Hall–Kier alpha value is -4.64. The molecule has 10 heteroatoms. The second-order valence-corrected chi connectivity index (χ2v) is 12.4. The number of nitrogens with one attached hydrogen (secondary N) is 2. The molecule has 0 fully saturated rings. The van der Waals surface area contributed by atoms with Gasteiger partial charge in [-0.25, -0.2) is 8.42 Å². The molecule has 0 aliphatic rings. The van der Waals surface area contributed by atoms with Crippen molar-refractivity contribution in [3.63, 3.8) is 0 Å². The van der Waals surface area contributed by atoms with Crippen LogP contribution < -0.4 is 14.8 Å². The summed E-state index contributed by atoms with van der Waals surface area (Å²) in [5.74, 6) is 0.289. The van der Waals surface area contributed by atoms with Crippen molar-refractivity contribution in [3.05, 3.63) is 126 Å². The molecule has 0 saturated carbocycles. The van der Waals surface area contributed by atoms with E-state index in [4.69, 9.17) is 9.47 Å². The molecule has 1 heterocycles. The molecule has 0 spiro atoms. The van der Waals surface area contributed by atoms with Crippen molar-refractivity contribution in [1.82, 2.24) is 14.6 Å². The minimum Gasteiger partial charge on any atom is -0.493 e. The Bertz CT molecular complexity index is 1810. The van der Waals surface area contributed by atoms with Gasteiger partial charge in [0.15, 0.2) is 11.5 Å². The number of carbonyl (C=O) groups is 1. The van der Waals surface area contributed by atoms with Crippen LogP contribution in [0.2, 0.25) is 0 Å². The number of aromatic amines is 1. The number of carbonyl (C=O) groups excluding carboxylic acids is 1. The molecular formula is C34H35N3O6S. The van der Waals surface area contributed by atoms with E-state index in [2.05, 4.69) is 10.3 Å². The highest BCUT2D eigenvalue weighted by Gasteiger charge is 2.32. The Morgan fingerprint density at radius 3 is 2.23 bits per heavy atom. The first kappa shape index (κ1) is 30.8. The predicted molar refractivity (Wildman–Crippen MR) is 169 cm³/mol. The number of sulfonamides is 1. The number of aliphatic hydroxyl groups excluding tert-OH is 1. The number of methoxy groups -OCH3 is 2. The molecule has 2 atom stereocenters. The van der Waals surface area contributed by atoms with Crippen molar-refractivity contribution in [2.24, 2.45) is 0 Å². The van der Waals surface area contributed by atoms with Gasteiger partial charge in [-0.3, -0.25) is 4.79 Å². The SMILES string of the molecule is COc1ccc(S(=O)(=O)N(Cc2ccccc2)C[C@@H](O)[C@H](Cc2ccccc2)NC(=O)c2ccc3[nH]ccc3c2)cc1OC. The van der Waals surface area contributed by atoms with Crippen LogP contribution >= 0.6 is 0 Å². The molecule has 1 aromatic heterocycles. The molecule has 0 bridgehead atoms.